The minimum atomic E-state index is 0.742. The molecule has 0 spiro atoms. The van der Waals surface area contributed by atoms with Gasteiger partial charge in [-0.05, 0) is 30.0 Å². The predicted octanol–water partition coefficient (Wildman–Crippen LogP) is 6.14. The van der Waals surface area contributed by atoms with Crippen LogP contribution >= 0.6 is 11.6 Å². The Morgan fingerprint density at radius 3 is 2.04 bits per heavy atom. The Kier molecular flexibility index (Phi) is 4.48. The van der Waals surface area contributed by atoms with Gasteiger partial charge in [0.25, 0.3) is 0 Å². The van der Waals surface area contributed by atoms with E-state index in [1.165, 1.54) is 0 Å². The molecule has 0 saturated carbocycles. The molecule has 26 heavy (non-hydrogen) atoms. The third-order valence-electron chi connectivity index (χ3n) is 4.69. The second-order valence-corrected chi connectivity index (χ2v) is 6.81. The van der Waals surface area contributed by atoms with E-state index in [2.05, 4.69) is 48.4 Å². The predicted molar refractivity (Wildman–Crippen MR) is 108 cm³/mol. The summed E-state index contributed by atoms with van der Waals surface area (Å²) in [6.07, 6.45) is 0.995. The van der Waals surface area contributed by atoms with Crippen LogP contribution in [0.4, 0.5) is 0 Å². The molecule has 0 radical (unpaired) electrons. The smallest absolute Gasteiger partial charge is 0.123 e. The first kappa shape index (κ1) is 16.8. The number of rotatable bonds is 4. The Bertz CT molecular complexity index is 1050. The lowest BCUT2D eigenvalue weighted by atomic mass is 9.93. The van der Waals surface area contributed by atoms with E-state index in [0.717, 1.165) is 56.8 Å². The molecular weight excluding hydrogens is 342 g/mol. The summed E-state index contributed by atoms with van der Waals surface area (Å²) >= 11 is 6.87. The van der Waals surface area contributed by atoms with Crippen molar-refractivity contribution in [2.45, 2.75) is 26.8 Å². The molecule has 0 aliphatic heterocycles. The van der Waals surface area contributed by atoms with Crippen LogP contribution in [0, 0.1) is 6.92 Å². The number of halogens is 1. The molecule has 3 nitrogen and oxygen atoms in total. The molecule has 4 rings (SSSR count). The van der Waals surface area contributed by atoms with E-state index >= 15 is 0 Å². The van der Waals surface area contributed by atoms with Gasteiger partial charge in [-0.1, -0.05) is 84.4 Å². The fourth-order valence-electron chi connectivity index (χ4n) is 3.50. The second kappa shape index (κ2) is 6.93. The van der Waals surface area contributed by atoms with E-state index in [9.17, 15) is 0 Å². The Morgan fingerprint density at radius 1 is 0.885 bits per heavy atom. The summed E-state index contributed by atoms with van der Waals surface area (Å²) in [4.78, 5) is 0. The summed E-state index contributed by atoms with van der Waals surface area (Å²) in [5.41, 5.74) is 7.25. The van der Waals surface area contributed by atoms with Gasteiger partial charge in [0.2, 0.25) is 0 Å². The van der Waals surface area contributed by atoms with Crippen molar-refractivity contribution >= 4 is 22.6 Å². The highest BCUT2D eigenvalue weighted by atomic mass is 35.5. The molecular formula is C22H20ClN3. The lowest BCUT2D eigenvalue weighted by Crippen LogP contribution is -2.01. The monoisotopic (exact) mass is 361 g/mol. The SMILES string of the molecule is CCCn1nnc2c(-c3ccccc3)c(Cl)c(C)c(-c3ccccc3)c21. The number of benzene rings is 3. The highest BCUT2D eigenvalue weighted by molar-refractivity contribution is 6.36. The van der Waals surface area contributed by atoms with Gasteiger partial charge in [-0.2, -0.15) is 0 Å². The summed E-state index contributed by atoms with van der Waals surface area (Å²) in [5.74, 6) is 0. The summed E-state index contributed by atoms with van der Waals surface area (Å²) in [7, 11) is 0. The number of aromatic nitrogens is 3. The maximum Gasteiger partial charge on any atom is 0.123 e. The molecule has 0 atom stereocenters. The second-order valence-electron chi connectivity index (χ2n) is 6.43. The van der Waals surface area contributed by atoms with Crippen molar-refractivity contribution < 1.29 is 0 Å². The minimum absolute atomic E-state index is 0.742. The zero-order valence-electron chi connectivity index (χ0n) is 14.9. The molecule has 3 aromatic carbocycles. The molecule has 0 fully saturated rings. The fraction of sp³-hybridized carbons (Fsp3) is 0.182. The molecule has 0 N–H and O–H groups in total. The van der Waals surface area contributed by atoms with Crippen molar-refractivity contribution in [3.05, 3.63) is 71.2 Å². The largest absolute Gasteiger partial charge is 0.244 e. The summed E-state index contributed by atoms with van der Waals surface area (Å²) in [6.45, 7) is 5.06. The van der Waals surface area contributed by atoms with Crippen LogP contribution in [-0.2, 0) is 6.54 Å². The van der Waals surface area contributed by atoms with Crippen molar-refractivity contribution in [3.8, 4) is 22.3 Å². The van der Waals surface area contributed by atoms with Crippen LogP contribution in [0.25, 0.3) is 33.3 Å². The van der Waals surface area contributed by atoms with Crippen molar-refractivity contribution in [2.24, 2.45) is 0 Å². The Morgan fingerprint density at radius 2 is 1.46 bits per heavy atom. The molecule has 4 aromatic rings. The summed E-state index contributed by atoms with van der Waals surface area (Å²) in [6, 6.07) is 20.5. The average Bonchev–Trinajstić information content (AvgIpc) is 3.07. The number of hydrogen-bond acceptors (Lipinski definition) is 2. The van der Waals surface area contributed by atoms with Crippen LogP contribution < -0.4 is 0 Å². The van der Waals surface area contributed by atoms with Crippen molar-refractivity contribution in [1.82, 2.24) is 15.0 Å². The van der Waals surface area contributed by atoms with Gasteiger partial charge in [-0.25, -0.2) is 4.68 Å². The lowest BCUT2D eigenvalue weighted by Gasteiger charge is -2.16. The van der Waals surface area contributed by atoms with Gasteiger partial charge in [-0.3, -0.25) is 0 Å². The zero-order chi connectivity index (χ0) is 18.1. The van der Waals surface area contributed by atoms with Crippen LogP contribution in [0.15, 0.2) is 60.7 Å². The van der Waals surface area contributed by atoms with Crippen LogP contribution in [0.1, 0.15) is 18.9 Å². The Labute approximate surface area is 158 Å². The average molecular weight is 362 g/mol. The van der Waals surface area contributed by atoms with E-state index in [1.54, 1.807) is 0 Å². The lowest BCUT2D eigenvalue weighted by molar-refractivity contribution is 0.596. The van der Waals surface area contributed by atoms with Gasteiger partial charge in [0, 0.05) is 17.7 Å². The minimum Gasteiger partial charge on any atom is -0.244 e. The normalized spacial score (nSPS) is 11.2. The van der Waals surface area contributed by atoms with E-state index in [-0.39, 0.29) is 0 Å². The summed E-state index contributed by atoms with van der Waals surface area (Å²) in [5, 5.41) is 9.72. The fourth-order valence-corrected chi connectivity index (χ4v) is 3.80. The maximum atomic E-state index is 6.87. The molecule has 1 heterocycles. The highest BCUT2D eigenvalue weighted by Gasteiger charge is 2.22. The third-order valence-corrected chi connectivity index (χ3v) is 5.17. The van der Waals surface area contributed by atoms with Crippen LogP contribution in [0.3, 0.4) is 0 Å². The Balaban J connectivity index is 2.13. The number of aryl methyl sites for hydroxylation is 1. The van der Waals surface area contributed by atoms with Gasteiger partial charge in [-0.15, -0.1) is 5.10 Å². The van der Waals surface area contributed by atoms with Gasteiger partial charge in [0.05, 0.1) is 10.5 Å². The topological polar surface area (TPSA) is 30.7 Å². The van der Waals surface area contributed by atoms with Gasteiger partial charge in [0.15, 0.2) is 0 Å². The van der Waals surface area contributed by atoms with Crippen molar-refractivity contribution in [2.75, 3.05) is 0 Å². The Hall–Kier alpha value is -2.65. The highest BCUT2D eigenvalue weighted by Crippen LogP contribution is 2.43. The molecule has 1 aromatic heterocycles. The molecule has 0 aliphatic rings. The number of nitrogens with zero attached hydrogens (tertiary/aromatic N) is 3. The van der Waals surface area contributed by atoms with E-state index in [4.69, 9.17) is 11.6 Å². The van der Waals surface area contributed by atoms with Crippen LogP contribution in [0.5, 0.6) is 0 Å². The maximum absolute atomic E-state index is 6.87. The van der Waals surface area contributed by atoms with E-state index < -0.39 is 0 Å². The first-order valence-corrected chi connectivity index (χ1v) is 9.26. The number of fused-ring (bicyclic) bond motifs is 1. The van der Waals surface area contributed by atoms with E-state index in [0.29, 0.717) is 0 Å². The van der Waals surface area contributed by atoms with Crippen LogP contribution in [0.2, 0.25) is 5.02 Å². The molecule has 4 heteroatoms. The molecule has 0 unspecified atom stereocenters. The van der Waals surface area contributed by atoms with Crippen molar-refractivity contribution in [3.63, 3.8) is 0 Å². The van der Waals surface area contributed by atoms with Crippen LogP contribution in [-0.4, -0.2) is 15.0 Å². The number of hydrogen-bond donors (Lipinski definition) is 0. The van der Waals surface area contributed by atoms with Gasteiger partial charge < -0.3 is 0 Å². The first-order chi connectivity index (χ1) is 12.7. The van der Waals surface area contributed by atoms with E-state index in [1.807, 2.05) is 41.1 Å². The molecule has 0 aliphatic carbocycles. The molecule has 0 saturated heterocycles. The third kappa shape index (κ3) is 2.69. The van der Waals surface area contributed by atoms with Gasteiger partial charge >= 0.3 is 0 Å². The zero-order valence-corrected chi connectivity index (χ0v) is 15.7. The quantitative estimate of drug-likeness (QED) is 0.437. The molecule has 0 bridgehead atoms. The standard InChI is InChI=1S/C22H20ClN3/c1-3-14-26-22-18(16-10-6-4-7-11-16)15(2)20(23)19(21(22)24-25-26)17-12-8-5-9-13-17/h4-13H,3,14H2,1-2H3. The van der Waals surface area contributed by atoms with Gasteiger partial charge in [0.1, 0.15) is 5.52 Å². The molecule has 0 amide bonds. The first-order valence-electron chi connectivity index (χ1n) is 8.88. The van der Waals surface area contributed by atoms with Crippen molar-refractivity contribution in [1.29, 1.82) is 0 Å². The summed E-state index contributed by atoms with van der Waals surface area (Å²) < 4.78 is 2.01. The molecule has 130 valence electrons.